The second-order valence-electron chi connectivity index (χ2n) is 12.4. The lowest BCUT2D eigenvalue weighted by Gasteiger charge is -2.40. The zero-order chi connectivity index (χ0) is 33.0. The maximum atomic E-state index is 15.1. The van der Waals surface area contributed by atoms with Crippen LogP contribution in [0.25, 0.3) is 0 Å². The van der Waals surface area contributed by atoms with Crippen LogP contribution in [0.15, 0.2) is 79.9 Å². The fraction of sp³-hybridized carbons (Fsp3) is 0.486. The lowest BCUT2D eigenvalue weighted by atomic mass is 9.70. The van der Waals surface area contributed by atoms with Gasteiger partial charge in [0.2, 0.25) is 11.8 Å². The van der Waals surface area contributed by atoms with Crippen LogP contribution in [-0.2, 0) is 14.4 Å². The summed E-state index contributed by atoms with van der Waals surface area (Å²) in [6, 6.07) is 15.8. The molecular weight excluding hydrogens is 596 g/mol. The standard InChI is InChI=1S/C37H48N4O4S/c1-6-22-39(23-7-2)34(43)31-30-20-21-37(46-30)32(31)35(44)41(29(25-42)26-14-12-11-13-15-26)33(37)36(45)40(24-8-3)28-18-16-27(17-19-28)38(9-4)10-5/h6,8,11-19,29-33,42H,1,3,7,9-10,20-25H2,2,4-5H3/t29-,30-,31+,32+,33?,37?/m1/s1. The normalized spacial score (nSPS) is 25.2. The van der Waals surface area contributed by atoms with Crippen molar-refractivity contribution >= 4 is 40.9 Å². The number of rotatable bonds is 15. The predicted octanol–water partition coefficient (Wildman–Crippen LogP) is 5.30. The number of nitrogens with zero attached hydrogens (tertiary/aromatic N) is 4. The van der Waals surface area contributed by atoms with Gasteiger partial charge < -0.3 is 24.7 Å². The number of fused-ring (bicyclic) bond motifs is 1. The molecule has 46 heavy (non-hydrogen) atoms. The van der Waals surface area contributed by atoms with Gasteiger partial charge in [0.15, 0.2) is 0 Å². The third-order valence-electron chi connectivity index (χ3n) is 9.97. The van der Waals surface area contributed by atoms with E-state index in [0.717, 1.165) is 42.9 Å². The van der Waals surface area contributed by atoms with E-state index in [2.05, 4.69) is 31.9 Å². The minimum Gasteiger partial charge on any atom is -0.394 e. The van der Waals surface area contributed by atoms with Crippen molar-refractivity contribution in [2.45, 2.75) is 62.1 Å². The smallest absolute Gasteiger partial charge is 0.251 e. The van der Waals surface area contributed by atoms with Gasteiger partial charge in [-0.3, -0.25) is 14.4 Å². The highest BCUT2D eigenvalue weighted by atomic mass is 32.2. The zero-order valence-corrected chi connectivity index (χ0v) is 28.2. The average Bonchev–Trinajstić information content (AvgIpc) is 3.72. The molecule has 2 bridgehead atoms. The van der Waals surface area contributed by atoms with E-state index in [4.69, 9.17) is 0 Å². The van der Waals surface area contributed by atoms with E-state index < -0.39 is 28.7 Å². The number of carbonyl (C=O) groups excluding carboxylic acids is 3. The Kier molecular flexibility index (Phi) is 10.6. The van der Waals surface area contributed by atoms with Crippen LogP contribution in [-0.4, -0.2) is 88.0 Å². The van der Waals surface area contributed by atoms with Crippen LogP contribution in [0.1, 0.15) is 51.6 Å². The lowest BCUT2D eigenvalue weighted by molar-refractivity contribution is -0.145. The largest absolute Gasteiger partial charge is 0.394 e. The Balaban J connectivity index is 1.61. The number of anilines is 2. The van der Waals surface area contributed by atoms with Gasteiger partial charge in [-0.2, -0.15) is 0 Å². The molecule has 3 aliphatic rings. The summed E-state index contributed by atoms with van der Waals surface area (Å²) < 4.78 is -0.784. The molecule has 3 amide bonds. The SMILES string of the molecule is C=CCN(CCC)C(=O)[C@@H]1[C@H]2C(=O)N([C@H](CO)c3ccccc3)C(C(=O)N(CC=C)c3ccc(N(CC)CC)cc3)C23CC[C@H]1S3. The van der Waals surface area contributed by atoms with Gasteiger partial charge in [0.25, 0.3) is 5.91 Å². The van der Waals surface area contributed by atoms with Crippen LogP contribution < -0.4 is 9.80 Å². The molecule has 8 nitrogen and oxygen atoms in total. The molecule has 3 saturated heterocycles. The maximum Gasteiger partial charge on any atom is 0.251 e. The Morgan fingerprint density at radius 1 is 1.00 bits per heavy atom. The molecule has 5 rings (SSSR count). The quantitative estimate of drug-likeness (QED) is 0.265. The number of benzene rings is 2. The van der Waals surface area contributed by atoms with Gasteiger partial charge in [-0.15, -0.1) is 24.9 Å². The molecule has 0 aliphatic carbocycles. The predicted molar refractivity (Wildman–Crippen MR) is 187 cm³/mol. The highest BCUT2D eigenvalue weighted by Gasteiger charge is 2.74. The number of hydrogen-bond donors (Lipinski definition) is 1. The van der Waals surface area contributed by atoms with Crippen molar-refractivity contribution in [3.8, 4) is 0 Å². The first-order valence-electron chi connectivity index (χ1n) is 16.6. The maximum absolute atomic E-state index is 15.1. The highest BCUT2D eigenvalue weighted by molar-refractivity contribution is 8.02. The van der Waals surface area contributed by atoms with Gasteiger partial charge in [-0.05, 0) is 62.9 Å². The molecule has 2 aromatic rings. The van der Waals surface area contributed by atoms with Crippen molar-refractivity contribution in [2.75, 3.05) is 49.1 Å². The second-order valence-corrected chi connectivity index (χ2v) is 14.0. The molecule has 1 N–H and O–H groups in total. The van der Waals surface area contributed by atoms with Crippen LogP contribution in [0.3, 0.4) is 0 Å². The van der Waals surface area contributed by atoms with E-state index in [9.17, 15) is 14.7 Å². The molecule has 0 saturated carbocycles. The Bertz CT molecular complexity index is 1410. The molecule has 2 unspecified atom stereocenters. The Labute approximate surface area is 278 Å². The van der Waals surface area contributed by atoms with Crippen LogP contribution in [0.2, 0.25) is 0 Å². The van der Waals surface area contributed by atoms with Crippen LogP contribution >= 0.6 is 11.8 Å². The van der Waals surface area contributed by atoms with Crippen molar-refractivity contribution in [1.82, 2.24) is 9.80 Å². The molecule has 246 valence electrons. The van der Waals surface area contributed by atoms with E-state index in [1.54, 1.807) is 33.7 Å². The molecule has 2 aromatic carbocycles. The number of thioether (sulfide) groups is 1. The van der Waals surface area contributed by atoms with E-state index in [1.807, 2.05) is 66.4 Å². The molecule has 3 heterocycles. The fourth-order valence-electron chi connectivity index (χ4n) is 7.98. The third-order valence-corrected chi connectivity index (χ3v) is 11.9. The second kappa shape index (κ2) is 14.5. The van der Waals surface area contributed by atoms with Crippen LogP contribution in [0, 0.1) is 11.8 Å². The van der Waals surface area contributed by atoms with Gasteiger partial charge in [-0.1, -0.05) is 49.4 Å². The van der Waals surface area contributed by atoms with Gasteiger partial charge in [0.05, 0.1) is 29.2 Å². The number of aliphatic hydroxyl groups is 1. The first-order chi connectivity index (χ1) is 22.3. The molecule has 3 fully saturated rings. The summed E-state index contributed by atoms with van der Waals surface area (Å²) in [7, 11) is 0. The fourth-order valence-corrected chi connectivity index (χ4v) is 10.2. The minimum absolute atomic E-state index is 0.0394. The first-order valence-corrected chi connectivity index (χ1v) is 17.5. The number of hydrogen-bond acceptors (Lipinski definition) is 6. The number of aliphatic hydroxyl groups excluding tert-OH is 1. The summed E-state index contributed by atoms with van der Waals surface area (Å²) >= 11 is 1.65. The Morgan fingerprint density at radius 2 is 1.65 bits per heavy atom. The molecular formula is C37H48N4O4S. The number of likely N-dealkylation sites (tertiary alicyclic amines) is 1. The summed E-state index contributed by atoms with van der Waals surface area (Å²) in [6.07, 6.45) is 5.64. The zero-order valence-electron chi connectivity index (χ0n) is 27.4. The molecule has 6 atom stereocenters. The topological polar surface area (TPSA) is 84.4 Å². The lowest BCUT2D eigenvalue weighted by Crippen LogP contribution is -2.56. The van der Waals surface area contributed by atoms with Gasteiger partial charge in [-0.25, -0.2) is 0 Å². The summed E-state index contributed by atoms with van der Waals surface area (Å²) in [5.41, 5.74) is 2.55. The number of carbonyl (C=O) groups is 3. The van der Waals surface area contributed by atoms with Gasteiger partial charge in [0.1, 0.15) is 6.04 Å². The van der Waals surface area contributed by atoms with Crippen molar-refractivity contribution in [2.24, 2.45) is 11.8 Å². The van der Waals surface area contributed by atoms with E-state index in [1.165, 1.54) is 0 Å². The highest BCUT2D eigenvalue weighted by Crippen LogP contribution is 2.67. The first kappa shape index (κ1) is 33.8. The minimum atomic E-state index is -0.864. The van der Waals surface area contributed by atoms with Crippen molar-refractivity contribution in [1.29, 1.82) is 0 Å². The molecule has 9 heteroatoms. The van der Waals surface area contributed by atoms with Gasteiger partial charge >= 0.3 is 0 Å². The van der Waals surface area contributed by atoms with Gasteiger partial charge in [0, 0.05) is 49.3 Å². The van der Waals surface area contributed by atoms with Crippen molar-refractivity contribution in [3.05, 3.63) is 85.5 Å². The molecule has 0 aromatic heterocycles. The summed E-state index contributed by atoms with van der Waals surface area (Å²) in [5.74, 6) is -1.66. The summed E-state index contributed by atoms with van der Waals surface area (Å²) in [4.78, 5) is 51.5. The Hall–Kier alpha value is -3.56. The monoisotopic (exact) mass is 644 g/mol. The summed E-state index contributed by atoms with van der Waals surface area (Å²) in [5, 5.41) is 10.8. The molecule has 0 radical (unpaired) electrons. The molecule has 1 spiro atoms. The molecule has 3 aliphatic heterocycles. The summed E-state index contributed by atoms with van der Waals surface area (Å²) in [6.45, 7) is 16.7. The number of amides is 3. The van der Waals surface area contributed by atoms with E-state index in [0.29, 0.717) is 19.5 Å². The van der Waals surface area contributed by atoms with E-state index >= 15 is 4.79 Å². The van der Waals surface area contributed by atoms with Crippen molar-refractivity contribution < 1.29 is 19.5 Å². The third kappa shape index (κ3) is 5.77. The van der Waals surface area contributed by atoms with E-state index in [-0.39, 0.29) is 36.1 Å². The average molecular weight is 645 g/mol. The van der Waals surface area contributed by atoms with Crippen LogP contribution in [0.4, 0.5) is 11.4 Å². The van der Waals surface area contributed by atoms with Crippen molar-refractivity contribution in [3.63, 3.8) is 0 Å². The Morgan fingerprint density at radius 3 is 2.24 bits per heavy atom. The van der Waals surface area contributed by atoms with Crippen LogP contribution in [0.5, 0.6) is 0 Å².